The van der Waals surface area contributed by atoms with Gasteiger partial charge in [0.15, 0.2) is 0 Å². The molecule has 4 nitrogen and oxygen atoms in total. The van der Waals surface area contributed by atoms with Crippen molar-refractivity contribution in [1.29, 1.82) is 0 Å². The largest absolute Gasteiger partial charge is 0.480 e. The van der Waals surface area contributed by atoms with Crippen LogP contribution in [0.5, 0.6) is 0 Å². The number of carbonyl (C=O) groups is 2. The molecule has 0 unspecified atom stereocenters. The van der Waals surface area contributed by atoms with E-state index in [1.165, 1.54) is 4.90 Å². The number of nitrogens with zero attached hydrogens (tertiary/aromatic N) is 1. The molecule has 2 rings (SSSR count). The Labute approximate surface area is 151 Å². The molecule has 7 heteroatoms. The normalized spacial score (nSPS) is 18.7. The minimum absolute atomic E-state index is 0.175. The molecule has 1 aromatic carbocycles. The number of likely N-dealkylation sites (tertiary alicyclic amines) is 1. The highest BCUT2D eigenvalue weighted by molar-refractivity contribution is 14.1. The summed E-state index contributed by atoms with van der Waals surface area (Å²) in [6.45, 7) is 0.522. The summed E-state index contributed by atoms with van der Waals surface area (Å²) in [4.78, 5) is 25.2. The van der Waals surface area contributed by atoms with Crippen LogP contribution in [0.3, 0.4) is 0 Å². The zero-order valence-electron chi connectivity index (χ0n) is 9.70. The number of hydrogen-bond acceptors (Lipinski definition) is 2. The fourth-order valence-electron chi connectivity index (χ4n) is 2.13. The summed E-state index contributed by atoms with van der Waals surface area (Å²) in [6.07, 6.45) is 1.29. The molecule has 1 heterocycles. The van der Waals surface area contributed by atoms with Crippen molar-refractivity contribution in [3.8, 4) is 0 Å². The predicted octanol–water partition coefficient (Wildman–Crippen LogP) is 3.19. The van der Waals surface area contributed by atoms with E-state index in [1.807, 2.05) is 12.1 Å². The molecule has 1 aromatic rings. The summed E-state index contributed by atoms with van der Waals surface area (Å²) < 4.78 is 2.89. The van der Waals surface area contributed by atoms with Gasteiger partial charge in [0, 0.05) is 17.3 Å². The van der Waals surface area contributed by atoms with Crippen molar-refractivity contribution in [2.24, 2.45) is 0 Å². The molecule has 1 amide bonds. The van der Waals surface area contributed by atoms with E-state index in [0.29, 0.717) is 18.5 Å². The third-order valence-electron chi connectivity index (χ3n) is 3.02. The fraction of sp³-hybridized carbons (Fsp3) is 0.333. The minimum Gasteiger partial charge on any atom is -0.480 e. The summed E-state index contributed by atoms with van der Waals surface area (Å²) in [5.41, 5.74) is 0.602. The molecule has 0 aromatic heterocycles. The van der Waals surface area contributed by atoms with Gasteiger partial charge in [-0.3, -0.25) is 4.79 Å². The molecule has 1 fully saturated rings. The molecule has 1 aliphatic rings. The zero-order chi connectivity index (χ0) is 14.2. The Balaban J connectivity index is 2.37. The van der Waals surface area contributed by atoms with Crippen LogP contribution < -0.4 is 0 Å². The molecular weight excluding hydrogens is 587 g/mol. The molecule has 0 radical (unpaired) electrons. The van der Waals surface area contributed by atoms with Crippen LogP contribution in [0.15, 0.2) is 12.1 Å². The van der Waals surface area contributed by atoms with Gasteiger partial charge in [0.05, 0.1) is 5.56 Å². The average Bonchev–Trinajstić information content (AvgIpc) is 2.82. The number of aliphatic carboxylic acids is 1. The second kappa shape index (κ2) is 6.41. The molecule has 0 saturated carbocycles. The highest BCUT2D eigenvalue weighted by Crippen LogP contribution is 2.27. The number of halogens is 3. The first-order valence-corrected chi connectivity index (χ1v) is 8.83. The first kappa shape index (κ1) is 15.7. The second-order valence-corrected chi connectivity index (χ2v) is 7.73. The maximum Gasteiger partial charge on any atom is 0.326 e. The van der Waals surface area contributed by atoms with E-state index in [4.69, 9.17) is 5.11 Å². The first-order chi connectivity index (χ1) is 8.91. The standard InChI is InChI=1S/C12H10I3NO3/c13-6-4-7(10(15)8(14)5-6)11(17)16-3-1-2-9(16)12(18)19/h4-5,9H,1-3H2,(H,18,19)/t9-/m0/s1. The minimum atomic E-state index is -0.916. The SMILES string of the molecule is O=C(O)[C@@H]1CCCN1C(=O)c1cc(I)cc(I)c1I. The van der Waals surface area contributed by atoms with Crippen molar-refractivity contribution in [2.45, 2.75) is 18.9 Å². The van der Waals surface area contributed by atoms with Crippen LogP contribution in [0.4, 0.5) is 0 Å². The molecule has 1 N–H and O–H groups in total. The Hall–Kier alpha value is 0.350. The van der Waals surface area contributed by atoms with E-state index >= 15 is 0 Å². The van der Waals surface area contributed by atoms with E-state index < -0.39 is 12.0 Å². The number of amides is 1. The Morgan fingerprint density at radius 1 is 1.26 bits per heavy atom. The maximum atomic E-state index is 12.5. The van der Waals surface area contributed by atoms with Crippen LogP contribution in [0, 0.1) is 10.7 Å². The number of carboxylic acids is 1. The second-order valence-electron chi connectivity index (χ2n) is 4.24. The van der Waals surface area contributed by atoms with E-state index in [1.54, 1.807) is 0 Å². The lowest BCUT2D eigenvalue weighted by molar-refractivity contribution is -0.141. The smallest absolute Gasteiger partial charge is 0.326 e. The van der Waals surface area contributed by atoms with Gasteiger partial charge in [0.2, 0.25) is 0 Å². The fourth-order valence-corrected chi connectivity index (χ4v) is 4.52. The van der Waals surface area contributed by atoms with Gasteiger partial charge < -0.3 is 10.0 Å². The Morgan fingerprint density at radius 3 is 2.58 bits per heavy atom. The van der Waals surface area contributed by atoms with Crippen LogP contribution in [0.2, 0.25) is 0 Å². The summed E-state index contributed by atoms with van der Waals surface area (Å²) in [5.74, 6) is -1.09. The van der Waals surface area contributed by atoms with E-state index in [2.05, 4.69) is 67.8 Å². The Bertz CT molecular complexity index is 547. The van der Waals surface area contributed by atoms with Crippen LogP contribution in [0.1, 0.15) is 23.2 Å². The predicted molar refractivity (Wildman–Crippen MR) is 96.3 cm³/mol. The lowest BCUT2D eigenvalue weighted by atomic mass is 10.1. The van der Waals surface area contributed by atoms with Crippen LogP contribution in [0.25, 0.3) is 0 Å². The van der Waals surface area contributed by atoms with Crippen LogP contribution in [-0.2, 0) is 4.79 Å². The van der Waals surface area contributed by atoms with E-state index in [-0.39, 0.29) is 5.91 Å². The third kappa shape index (κ3) is 3.34. The first-order valence-electron chi connectivity index (χ1n) is 5.60. The zero-order valence-corrected chi connectivity index (χ0v) is 16.2. The van der Waals surface area contributed by atoms with E-state index in [9.17, 15) is 9.59 Å². The molecule has 1 atom stereocenters. The molecule has 1 saturated heterocycles. The highest BCUT2D eigenvalue weighted by Gasteiger charge is 2.35. The topological polar surface area (TPSA) is 57.6 Å². The number of carbonyl (C=O) groups excluding carboxylic acids is 1. The van der Waals surface area contributed by atoms with Gasteiger partial charge in [-0.15, -0.1) is 0 Å². The Kier molecular flexibility index (Phi) is 5.31. The van der Waals surface area contributed by atoms with Gasteiger partial charge >= 0.3 is 5.97 Å². The Morgan fingerprint density at radius 2 is 1.95 bits per heavy atom. The third-order valence-corrected chi connectivity index (χ3v) is 6.69. The lowest BCUT2D eigenvalue weighted by Gasteiger charge is -2.22. The molecule has 0 spiro atoms. The summed E-state index contributed by atoms with van der Waals surface area (Å²) in [7, 11) is 0. The van der Waals surface area contributed by atoms with Crippen molar-refractivity contribution in [3.05, 3.63) is 28.4 Å². The lowest BCUT2D eigenvalue weighted by Crippen LogP contribution is -2.40. The average molecular weight is 597 g/mol. The summed E-state index contributed by atoms with van der Waals surface area (Å²) in [5, 5.41) is 9.16. The van der Waals surface area contributed by atoms with Crippen molar-refractivity contribution < 1.29 is 14.7 Å². The molecule has 1 aliphatic heterocycles. The molecule has 0 bridgehead atoms. The van der Waals surface area contributed by atoms with Gasteiger partial charge in [-0.1, -0.05) is 0 Å². The van der Waals surface area contributed by atoms with Crippen LogP contribution in [-0.4, -0.2) is 34.5 Å². The molecule has 102 valence electrons. The molecule has 0 aliphatic carbocycles. The number of benzene rings is 1. The van der Waals surface area contributed by atoms with Crippen molar-refractivity contribution in [1.82, 2.24) is 4.90 Å². The van der Waals surface area contributed by atoms with Crippen molar-refractivity contribution in [2.75, 3.05) is 6.54 Å². The van der Waals surface area contributed by atoms with Gasteiger partial charge in [0.25, 0.3) is 5.91 Å². The van der Waals surface area contributed by atoms with Crippen LogP contribution >= 0.6 is 67.8 Å². The highest BCUT2D eigenvalue weighted by atomic mass is 127. The maximum absolute atomic E-state index is 12.5. The molecule has 19 heavy (non-hydrogen) atoms. The summed E-state index contributed by atoms with van der Waals surface area (Å²) >= 11 is 6.50. The molecular formula is C12H10I3NO3. The monoisotopic (exact) mass is 597 g/mol. The van der Waals surface area contributed by atoms with Gasteiger partial charge in [-0.2, -0.15) is 0 Å². The van der Waals surface area contributed by atoms with Gasteiger partial charge in [0.1, 0.15) is 6.04 Å². The van der Waals surface area contributed by atoms with E-state index in [0.717, 1.165) is 17.1 Å². The van der Waals surface area contributed by atoms with Gasteiger partial charge in [-0.05, 0) is 92.7 Å². The number of carboxylic acid groups (broad SMARTS) is 1. The number of hydrogen-bond donors (Lipinski definition) is 1. The van der Waals surface area contributed by atoms with Crippen molar-refractivity contribution in [3.63, 3.8) is 0 Å². The quantitative estimate of drug-likeness (QED) is 0.422. The van der Waals surface area contributed by atoms with Crippen molar-refractivity contribution >= 4 is 79.6 Å². The summed E-state index contributed by atoms with van der Waals surface area (Å²) in [6, 6.07) is 3.14. The van der Waals surface area contributed by atoms with Gasteiger partial charge in [-0.25, -0.2) is 4.79 Å². The number of rotatable bonds is 2.